The third kappa shape index (κ3) is 2.98. The summed E-state index contributed by atoms with van der Waals surface area (Å²) >= 11 is 0. The van der Waals surface area contributed by atoms with Crippen LogP contribution in [0, 0.1) is 12.3 Å². The van der Waals surface area contributed by atoms with Gasteiger partial charge in [0.25, 0.3) is 0 Å². The maximum absolute atomic E-state index is 12.7. The van der Waals surface area contributed by atoms with E-state index in [2.05, 4.69) is 10.9 Å². The summed E-state index contributed by atoms with van der Waals surface area (Å²) in [5.74, 6) is 2.24. The zero-order valence-electron chi connectivity index (χ0n) is 14.5. The van der Waals surface area contributed by atoms with Crippen molar-refractivity contribution in [3.8, 4) is 12.3 Å². The molecule has 0 saturated carbocycles. The number of aromatic nitrogens is 2. The number of hydrogen-bond acceptors (Lipinski definition) is 3. The van der Waals surface area contributed by atoms with Gasteiger partial charge in [-0.15, -0.1) is 6.42 Å². The SMILES string of the molecule is C#C/C=C(/c1ccccc1)c1ccc2nc([NH-])n(S(=O)(=O)C(C)C)c2c1. The van der Waals surface area contributed by atoms with Crippen molar-refractivity contribution in [2.24, 2.45) is 0 Å². The van der Waals surface area contributed by atoms with E-state index in [1.165, 1.54) is 0 Å². The second-order valence-corrected chi connectivity index (χ2v) is 8.43. The van der Waals surface area contributed by atoms with E-state index in [0.29, 0.717) is 11.0 Å². The van der Waals surface area contributed by atoms with E-state index in [-0.39, 0.29) is 5.95 Å². The molecule has 26 heavy (non-hydrogen) atoms. The first-order valence-corrected chi connectivity index (χ1v) is 9.57. The molecule has 1 aromatic heterocycles. The largest absolute Gasteiger partial charge is 0.410 e. The number of benzene rings is 2. The standard InChI is InChI=1S/C20H18N3O2S/c1-4-8-17(15-9-6-5-7-10-15)16-11-12-18-19(13-16)23(20(21)22-18)26(24,25)14(2)3/h1,5-14H,2-3H3,(H-,21,22)/q-1/b17-8-. The van der Waals surface area contributed by atoms with Gasteiger partial charge in [-0.25, -0.2) is 8.42 Å². The molecule has 0 saturated heterocycles. The molecule has 0 atom stereocenters. The van der Waals surface area contributed by atoms with Crippen molar-refractivity contribution < 1.29 is 8.42 Å². The Kier molecular flexibility index (Phi) is 4.58. The van der Waals surface area contributed by atoms with Crippen LogP contribution in [0.2, 0.25) is 0 Å². The molecule has 5 nitrogen and oxygen atoms in total. The first-order valence-electron chi connectivity index (χ1n) is 8.07. The summed E-state index contributed by atoms with van der Waals surface area (Å²) in [6, 6.07) is 14.9. The van der Waals surface area contributed by atoms with Gasteiger partial charge in [0.2, 0.25) is 0 Å². The fourth-order valence-electron chi connectivity index (χ4n) is 2.72. The lowest BCUT2D eigenvalue weighted by molar-refractivity contribution is 0.580. The van der Waals surface area contributed by atoms with Crippen LogP contribution in [-0.2, 0) is 10.0 Å². The summed E-state index contributed by atoms with van der Waals surface area (Å²) in [6.45, 7) is 3.16. The molecule has 3 aromatic rings. The van der Waals surface area contributed by atoms with Gasteiger partial charge in [-0.2, -0.15) is 0 Å². The number of hydrogen-bond donors (Lipinski definition) is 0. The number of nitrogens with one attached hydrogen (secondary N) is 1. The Hall–Kier alpha value is -3.04. The van der Waals surface area contributed by atoms with Crippen LogP contribution in [0.1, 0.15) is 25.0 Å². The molecule has 0 bridgehead atoms. The highest BCUT2D eigenvalue weighted by atomic mass is 32.2. The molecule has 0 aliphatic carbocycles. The van der Waals surface area contributed by atoms with E-state index in [1.807, 2.05) is 36.4 Å². The minimum absolute atomic E-state index is 0.298. The summed E-state index contributed by atoms with van der Waals surface area (Å²) in [5.41, 5.74) is 11.3. The van der Waals surface area contributed by atoms with Crippen LogP contribution in [0.25, 0.3) is 22.3 Å². The molecule has 0 unspecified atom stereocenters. The lowest BCUT2D eigenvalue weighted by Crippen LogP contribution is -2.21. The monoisotopic (exact) mass is 364 g/mol. The fourth-order valence-corrected chi connectivity index (χ4v) is 3.85. The maximum atomic E-state index is 12.7. The highest BCUT2D eigenvalue weighted by Gasteiger charge is 2.19. The highest BCUT2D eigenvalue weighted by Crippen LogP contribution is 2.30. The summed E-state index contributed by atoms with van der Waals surface area (Å²) in [4.78, 5) is 4.07. The molecule has 0 amide bonds. The maximum Gasteiger partial charge on any atom is 0.200 e. The van der Waals surface area contributed by atoms with Crippen molar-refractivity contribution in [3.05, 3.63) is 71.5 Å². The minimum atomic E-state index is -3.70. The quantitative estimate of drug-likeness (QED) is 0.645. The van der Waals surface area contributed by atoms with Crippen molar-refractivity contribution >= 4 is 32.6 Å². The number of allylic oxidation sites excluding steroid dienone is 1. The molecule has 3 rings (SSSR count). The average molecular weight is 364 g/mol. The Morgan fingerprint density at radius 3 is 2.50 bits per heavy atom. The van der Waals surface area contributed by atoms with E-state index in [0.717, 1.165) is 20.7 Å². The molecule has 0 spiro atoms. The van der Waals surface area contributed by atoms with Gasteiger partial charge in [0.05, 0.1) is 5.25 Å². The zero-order valence-corrected chi connectivity index (χ0v) is 15.3. The molecule has 0 aliphatic rings. The molecule has 0 fully saturated rings. The Morgan fingerprint density at radius 1 is 1.19 bits per heavy atom. The topological polar surface area (TPSA) is 75.8 Å². The summed E-state index contributed by atoms with van der Waals surface area (Å²) in [6.07, 6.45) is 7.14. The van der Waals surface area contributed by atoms with E-state index >= 15 is 0 Å². The van der Waals surface area contributed by atoms with Crippen LogP contribution < -0.4 is 0 Å². The Balaban J connectivity index is 2.27. The third-order valence-corrected chi connectivity index (χ3v) is 6.16. The minimum Gasteiger partial charge on any atom is -0.410 e. The van der Waals surface area contributed by atoms with Crippen LogP contribution in [0.15, 0.2) is 54.6 Å². The molecule has 1 N–H and O–H groups in total. The third-order valence-electron chi connectivity index (χ3n) is 4.09. The normalized spacial score (nSPS) is 12.5. The predicted molar refractivity (Wildman–Crippen MR) is 106 cm³/mol. The van der Waals surface area contributed by atoms with Crippen molar-refractivity contribution in [1.29, 1.82) is 0 Å². The van der Waals surface area contributed by atoms with Gasteiger partial charge in [-0.3, -0.25) is 3.97 Å². The van der Waals surface area contributed by atoms with Crippen LogP contribution in [0.5, 0.6) is 0 Å². The van der Waals surface area contributed by atoms with Crippen molar-refractivity contribution in [2.75, 3.05) is 0 Å². The van der Waals surface area contributed by atoms with Gasteiger partial charge in [-0.05, 0) is 42.7 Å². The first-order chi connectivity index (χ1) is 12.4. The second kappa shape index (κ2) is 6.70. The lowest BCUT2D eigenvalue weighted by atomic mass is 9.97. The van der Waals surface area contributed by atoms with Gasteiger partial charge < -0.3 is 10.7 Å². The van der Waals surface area contributed by atoms with E-state index in [9.17, 15) is 8.42 Å². The Labute approximate surface area is 153 Å². The number of terminal acetylenes is 1. The second-order valence-electron chi connectivity index (χ2n) is 6.09. The lowest BCUT2D eigenvalue weighted by Gasteiger charge is -2.17. The van der Waals surface area contributed by atoms with Crippen LogP contribution in [-0.4, -0.2) is 22.6 Å². The molecular formula is C20H18N3O2S-. The van der Waals surface area contributed by atoms with Gasteiger partial charge >= 0.3 is 0 Å². The van der Waals surface area contributed by atoms with Crippen LogP contribution in [0.4, 0.5) is 5.95 Å². The van der Waals surface area contributed by atoms with Crippen LogP contribution in [0.3, 0.4) is 0 Å². The first kappa shape index (κ1) is 17.8. The molecule has 1 heterocycles. The zero-order chi connectivity index (χ0) is 18.9. The van der Waals surface area contributed by atoms with Crippen molar-refractivity contribution in [1.82, 2.24) is 8.96 Å². The molecule has 0 radical (unpaired) electrons. The number of imidazole rings is 1. The molecule has 0 aliphatic heterocycles. The van der Waals surface area contributed by atoms with Gasteiger partial charge in [-0.1, -0.05) is 48.4 Å². The Bertz CT molecular complexity index is 1140. The van der Waals surface area contributed by atoms with E-state index in [4.69, 9.17) is 12.2 Å². The summed E-state index contributed by atoms with van der Waals surface area (Å²) < 4.78 is 26.3. The fraction of sp³-hybridized carbons (Fsp3) is 0.150. The highest BCUT2D eigenvalue weighted by molar-refractivity contribution is 7.90. The van der Waals surface area contributed by atoms with E-state index in [1.54, 1.807) is 32.1 Å². The van der Waals surface area contributed by atoms with Crippen molar-refractivity contribution in [3.63, 3.8) is 0 Å². The average Bonchev–Trinajstić information content (AvgIpc) is 2.95. The van der Waals surface area contributed by atoms with Gasteiger partial charge in [0, 0.05) is 17.0 Å². The molecular weight excluding hydrogens is 346 g/mol. The van der Waals surface area contributed by atoms with Crippen molar-refractivity contribution in [2.45, 2.75) is 19.1 Å². The number of nitrogens with zero attached hydrogens (tertiary/aromatic N) is 2. The van der Waals surface area contributed by atoms with Gasteiger partial charge in [0.1, 0.15) is 0 Å². The van der Waals surface area contributed by atoms with E-state index < -0.39 is 15.3 Å². The predicted octanol–water partition coefficient (Wildman–Crippen LogP) is 4.37. The smallest absolute Gasteiger partial charge is 0.200 e. The van der Waals surface area contributed by atoms with Gasteiger partial charge in [0.15, 0.2) is 10.0 Å². The molecule has 2 aromatic carbocycles. The summed E-state index contributed by atoms with van der Waals surface area (Å²) in [5, 5.41) is -0.664. The molecule has 132 valence electrons. The Morgan fingerprint density at radius 2 is 1.88 bits per heavy atom. The van der Waals surface area contributed by atoms with Crippen LogP contribution >= 0.6 is 0 Å². The number of fused-ring (bicyclic) bond motifs is 1. The molecule has 6 heteroatoms. The summed E-state index contributed by atoms with van der Waals surface area (Å²) in [7, 11) is -3.70. The number of rotatable bonds is 4.